The van der Waals surface area contributed by atoms with Gasteiger partial charge in [-0.05, 0) is 45.6 Å². The minimum Gasteiger partial charge on any atom is -0.481 e. The molecule has 138 valence electrons. The molecule has 0 aliphatic heterocycles. The predicted molar refractivity (Wildman–Crippen MR) is 101 cm³/mol. The van der Waals surface area contributed by atoms with Gasteiger partial charge in [0.2, 0.25) is 0 Å². The Balaban J connectivity index is 1.88. The number of carbonyl (C=O) groups is 3. The van der Waals surface area contributed by atoms with Gasteiger partial charge in [0, 0.05) is 22.3 Å². The third-order valence-electron chi connectivity index (χ3n) is 5.23. The summed E-state index contributed by atoms with van der Waals surface area (Å²) in [7, 11) is 0. The maximum Gasteiger partial charge on any atom is 0.310 e. The zero-order valence-electron chi connectivity index (χ0n) is 15.7. The van der Waals surface area contributed by atoms with Crippen LogP contribution in [0, 0.1) is 0 Å². The van der Waals surface area contributed by atoms with E-state index in [4.69, 9.17) is 0 Å². The number of hydrogen-bond donors (Lipinski definition) is 1. The Bertz CT molecular complexity index is 769. The molecule has 1 unspecified atom stereocenters. The largest absolute Gasteiger partial charge is 0.481 e. The smallest absolute Gasteiger partial charge is 0.310 e. The first kappa shape index (κ1) is 19.8. The average molecular weight is 354 g/mol. The van der Waals surface area contributed by atoms with Crippen molar-refractivity contribution in [3.63, 3.8) is 0 Å². The molecule has 4 heteroatoms. The maximum atomic E-state index is 12.4. The fourth-order valence-electron chi connectivity index (χ4n) is 3.40. The Hall–Kier alpha value is -2.49. The molecule has 1 aliphatic rings. The number of unbranched alkanes of at least 4 members (excludes halogenated alkanes) is 2. The van der Waals surface area contributed by atoms with Gasteiger partial charge >= 0.3 is 5.97 Å². The molecular formula is C22H26O4. The molecule has 26 heavy (non-hydrogen) atoms. The Kier molecular flexibility index (Phi) is 6.67. The Morgan fingerprint density at radius 1 is 0.885 bits per heavy atom. The van der Waals surface area contributed by atoms with Crippen LogP contribution < -0.4 is 0 Å². The van der Waals surface area contributed by atoms with Gasteiger partial charge in [0.1, 0.15) is 0 Å². The van der Waals surface area contributed by atoms with Crippen molar-refractivity contribution in [1.82, 2.24) is 0 Å². The minimum absolute atomic E-state index is 0.0210. The van der Waals surface area contributed by atoms with Gasteiger partial charge in [-0.3, -0.25) is 14.4 Å². The summed E-state index contributed by atoms with van der Waals surface area (Å²) in [6.07, 6.45) is 3.52. The van der Waals surface area contributed by atoms with Gasteiger partial charge in [0.25, 0.3) is 0 Å². The zero-order valence-corrected chi connectivity index (χ0v) is 15.7. The summed E-state index contributed by atoms with van der Waals surface area (Å²) in [6, 6.07) is 9.26. The average Bonchev–Trinajstić information content (AvgIpc) is 2.64. The second-order valence-corrected chi connectivity index (χ2v) is 6.91. The number of benzene rings is 1. The molecular weight excluding hydrogens is 328 g/mol. The number of carbonyl (C=O) groups excluding carboxylic acids is 2. The Morgan fingerprint density at radius 3 is 2.12 bits per heavy atom. The van der Waals surface area contributed by atoms with Crippen LogP contribution in [0.2, 0.25) is 0 Å². The first-order chi connectivity index (χ1) is 12.3. The molecule has 1 N–H and O–H groups in total. The lowest BCUT2D eigenvalue weighted by atomic mass is 9.83. The lowest BCUT2D eigenvalue weighted by Crippen LogP contribution is -2.20. The molecule has 0 aromatic heterocycles. The molecule has 4 nitrogen and oxygen atoms in total. The molecule has 2 rings (SSSR count). The lowest BCUT2D eigenvalue weighted by Gasteiger charge is -2.18. The normalized spacial score (nSPS) is 16.3. The number of rotatable bonds is 8. The summed E-state index contributed by atoms with van der Waals surface area (Å²) in [5, 5.41) is 9.45. The van der Waals surface area contributed by atoms with E-state index in [0.29, 0.717) is 35.1 Å². The number of carboxylic acids is 1. The van der Waals surface area contributed by atoms with Gasteiger partial charge in [-0.25, -0.2) is 0 Å². The summed E-state index contributed by atoms with van der Waals surface area (Å²) in [5.41, 5.74) is 3.10. The molecule has 1 aromatic carbocycles. The highest BCUT2D eigenvalue weighted by atomic mass is 16.4. The predicted octanol–water partition coefficient (Wildman–Crippen LogP) is 4.61. The number of Topliss-reactive ketones (excluding diaryl/α,β-unsaturated/α-hetero) is 2. The summed E-state index contributed by atoms with van der Waals surface area (Å²) >= 11 is 0. The van der Waals surface area contributed by atoms with Crippen molar-refractivity contribution in [2.24, 2.45) is 0 Å². The van der Waals surface area contributed by atoms with Crippen molar-refractivity contribution in [3.05, 3.63) is 58.2 Å². The lowest BCUT2D eigenvalue weighted by molar-refractivity contribution is -0.139. The molecule has 0 saturated carbocycles. The summed E-state index contributed by atoms with van der Waals surface area (Å²) in [4.78, 5) is 36.1. The van der Waals surface area contributed by atoms with Crippen LogP contribution in [0.25, 0.3) is 0 Å². The summed E-state index contributed by atoms with van der Waals surface area (Å²) < 4.78 is 0. The first-order valence-corrected chi connectivity index (χ1v) is 9.09. The highest BCUT2D eigenvalue weighted by Crippen LogP contribution is 2.28. The molecule has 1 aromatic rings. The standard InChI is InChI=1S/C22H26O4/c1-14-15(2)21(24)18(16(3)20(14)23)12-8-5-9-13-19(22(25)26)17-10-6-4-7-11-17/h4,6-7,10-11,19H,5,8-9,12-13H2,1-3H3,(H,25,26). The van der Waals surface area contributed by atoms with Crippen LogP contribution in [0.15, 0.2) is 52.6 Å². The van der Waals surface area contributed by atoms with Crippen molar-refractivity contribution < 1.29 is 19.5 Å². The van der Waals surface area contributed by atoms with Crippen molar-refractivity contribution in [1.29, 1.82) is 0 Å². The summed E-state index contributed by atoms with van der Waals surface area (Å²) in [5.74, 6) is -1.36. The van der Waals surface area contributed by atoms with E-state index in [1.807, 2.05) is 30.3 Å². The number of aliphatic carboxylic acids is 1. The van der Waals surface area contributed by atoms with Crippen LogP contribution in [-0.2, 0) is 14.4 Å². The van der Waals surface area contributed by atoms with Crippen molar-refractivity contribution in [2.75, 3.05) is 0 Å². The second-order valence-electron chi connectivity index (χ2n) is 6.91. The molecule has 1 aliphatic carbocycles. The molecule has 0 spiro atoms. The van der Waals surface area contributed by atoms with Crippen LogP contribution in [0.3, 0.4) is 0 Å². The summed E-state index contributed by atoms with van der Waals surface area (Å²) in [6.45, 7) is 5.13. The van der Waals surface area contributed by atoms with E-state index in [1.54, 1.807) is 20.8 Å². The molecule has 1 atom stereocenters. The van der Waals surface area contributed by atoms with E-state index in [2.05, 4.69) is 0 Å². The van der Waals surface area contributed by atoms with E-state index >= 15 is 0 Å². The van der Waals surface area contributed by atoms with E-state index in [-0.39, 0.29) is 11.6 Å². The number of ketones is 2. The highest BCUT2D eigenvalue weighted by Gasteiger charge is 2.27. The van der Waals surface area contributed by atoms with Crippen LogP contribution in [0.4, 0.5) is 0 Å². The highest BCUT2D eigenvalue weighted by molar-refractivity contribution is 6.24. The number of hydrogen-bond acceptors (Lipinski definition) is 3. The van der Waals surface area contributed by atoms with Crippen LogP contribution >= 0.6 is 0 Å². The monoisotopic (exact) mass is 354 g/mol. The van der Waals surface area contributed by atoms with Crippen LogP contribution in [0.5, 0.6) is 0 Å². The van der Waals surface area contributed by atoms with Crippen molar-refractivity contribution >= 4 is 17.5 Å². The third kappa shape index (κ3) is 4.37. The molecule has 0 fully saturated rings. The van der Waals surface area contributed by atoms with Crippen LogP contribution in [-0.4, -0.2) is 22.6 Å². The van der Waals surface area contributed by atoms with Gasteiger partial charge < -0.3 is 5.11 Å². The van der Waals surface area contributed by atoms with E-state index < -0.39 is 11.9 Å². The Morgan fingerprint density at radius 2 is 1.50 bits per heavy atom. The fraction of sp³-hybridized carbons (Fsp3) is 0.409. The third-order valence-corrected chi connectivity index (χ3v) is 5.23. The van der Waals surface area contributed by atoms with E-state index in [0.717, 1.165) is 24.8 Å². The first-order valence-electron chi connectivity index (χ1n) is 9.09. The van der Waals surface area contributed by atoms with Gasteiger partial charge in [0.05, 0.1) is 5.92 Å². The minimum atomic E-state index is -0.806. The molecule has 0 heterocycles. The zero-order chi connectivity index (χ0) is 19.3. The van der Waals surface area contributed by atoms with E-state index in [1.165, 1.54) is 0 Å². The SMILES string of the molecule is CC1=C(C)C(=O)C(CCCCCC(C(=O)O)c2ccccc2)=C(C)C1=O. The van der Waals surface area contributed by atoms with Gasteiger partial charge in [0.15, 0.2) is 11.6 Å². The fourth-order valence-corrected chi connectivity index (χ4v) is 3.40. The van der Waals surface area contributed by atoms with E-state index in [9.17, 15) is 19.5 Å². The molecule has 0 radical (unpaired) electrons. The maximum absolute atomic E-state index is 12.4. The van der Waals surface area contributed by atoms with Gasteiger partial charge in [-0.15, -0.1) is 0 Å². The topological polar surface area (TPSA) is 71.4 Å². The second kappa shape index (κ2) is 8.75. The molecule has 0 amide bonds. The number of allylic oxidation sites excluding steroid dienone is 4. The van der Waals surface area contributed by atoms with Crippen LogP contribution in [0.1, 0.15) is 64.4 Å². The Labute approximate surface area is 154 Å². The molecule has 0 saturated heterocycles. The van der Waals surface area contributed by atoms with Gasteiger partial charge in [-0.1, -0.05) is 43.2 Å². The number of carboxylic acid groups (broad SMARTS) is 1. The van der Waals surface area contributed by atoms with Crippen molar-refractivity contribution in [3.8, 4) is 0 Å². The quantitative estimate of drug-likeness (QED) is 0.546. The van der Waals surface area contributed by atoms with Gasteiger partial charge in [-0.2, -0.15) is 0 Å². The van der Waals surface area contributed by atoms with Crippen molar-refractivity contribution in [2.45, 2.75) is 58.8 Å². The molecule has 0 bridgehead atoms.